The smallest absolute Gasteiger partial charge is 0.512 e. The first-order chi connectivity index (χ1) is 9.72. The highest BCUT2D eigenvalue weighted by atomic mass is 19.1. The molecule has 4 N–H and O–H groups in total. The number of hydrogen-bond acceptors (Lipinski definition) is 7. The maximum absolute atomic E-state index is 12.2. The second-order valence-electron chi connectivity index (χ2n) is 3.08. The van der Waals surface area contributed by atoms with Crippen LogP contribution in [-0.4, -0.2) is 47.7 Å². The van der Waals surface area contributed by atoms with E-state index in [1.165, 1.54) is 19.2 Å². The van der Waals surface area contributed by atoms with Crippen LogP contribution in [0.4, 0.5) is 4.39 Å². The first-order valence-corrected chi connectivity index (χ1v) is 5.29. The molecule has 0 heterocycles. The number of methoxy groups -OCH3 is 1. The van der Waals surface area contributed by atoms with Gasteiger partial charge in [-0.25, -0.2) is 9.18 Å². The maximum Gasteiger partial charge on any atom is 0.707 e. The topological polar surface area (TPSA) is 137 Å². The summed E-state index contributed by atoms with van der Waals surface area (Å²) in [6.07, 6.45) is 0.611. The Hall–Kier alpha value is -2.46. The monoisotopic (exact) mass is 303 g/mol. The van der Waals surface area contributed by atoms with Crippen molar-refractivity contribution in [2.75, 3.05) is 7.11 Å². The van der Waals surface area contributed by atoms with Gasteiger partial charge in [0.1, 0.15) is 17.8 Å². The quantitative estimate of drug-likeness (QED) is 0.352. The summed E-state index contributed by atoms with van der Waals surface area (Å²) in [4.78, 5) is 18.7. The molecule has 0 saturated carbocycles. The standard InChI is InChI=1S/C6H6BFO3.C3H5NO2.C2H4O2/c8-5-1-3-6(4-2-5)11-7(9)10;1-6-3(5)2-4;1-2(3)4/h1-4,9-10H;2,4H,1H3;1H3,(H,3,4). The number of carbonyl (C=O) groups excluding carboxylic acids is 1. The Morgan fingerprint density at radius 3 is 1.95 bits per heavy atom. The van der Waals surface area contributed by atoms with Gasteiger partial charge in [-0.3, -0.25) is 4.79 Å². The molecule has 21 heavy (non-hydrogen) atoms. The Labute approximate surface area is 120 Å². The zero-order chi connectivity index (χ0) is 16.8. The summed E-state index contributed by atoms with van der Waals surface area (Å²) in [5.41, 5.74) is 0. The van der Waals surface area contributed by atoms with Gasteiger partial charge in [0, 0.05) is 6.92 Å². The van der Waals surface area contributed by atoms with E-state index in [9.17, 15) is 9.18 Å². The molecule has 0 aliphatic heterocycles. The third-order valence-electron chi connectivity index (χ3n) is 1.37. The molecule has 1 rings (SSSR count). The van der Waals surface area contributed by atoms with E-state index in [2.05, 4.69) is 9.39 Å². The first-order valence-electron chi connectivity index (χ1n) is 5.29. The molecule has 0 amide bonds. The van der Waals surface area contributed by atoms with Gasteiger partial charge in [0.25, 0.3) is 5.97 Å². The summed E-state index contributed by atoms with van der Waals surface area (Å²) in [6, 6.07) is 4.93. The lowest BCUT2D eigenvalue weighted by molar-refractivity contribution is -0.134. The molecule has 0 unspecified atom stereocenters. The lowest BCUT2D eigenvalue weighted by Crippen LogP contribution is -2.20. The van der Waals surface area contributed by atoms with Gasteiger partial charge >= 0.3 is 13.3 Å². The molecule has 0 radical (unpaired) electrons. The van der Waals surface area contributed by atoms with Crippen molar-refractivity contribution in [2.45, 2.75) is 6.92 Å². The van der Waals surface area contributed by atoms with Crippen molar-refractivity contribution in [3.8, 4) is 5.75 Å². The highest BCUT2D eigenvalue weighted by molar-refractivity contribution is 6.33. The number of aliphatic carboxylic acids is 1. The molecule has 0 aliphatic carbocycles. The SMILES string of the molecule is CC(=O)O.COC(=O)C=N.OB(O)Oc1ccc(F)cc1. The predicted molar refractivity (Wildman–Crippen MR) is 71.3 cm³/mol. The minimum Gasteiger partial charge on any atom is -0.512 e. The second kappa shape index (κ2) is 12.6. The highest BCUT2D eigenvalue weighted by Gasteiger charge is 2.10. The molecular formula is C11H15BFNO7. The fourth-order valence-corrected chi connectivity index (χ4v) is 0.694. The number of carboxylic acids is 1. The van der Waals surface area contributed by atoms with Crippen LogP contribution in [0, 0.1) is 11.2 Å². The summed E-state index contributed by atoms with van der Waals surface area (Å²) < 4.78 is 20.7. The third kappa shape index (κ3) is 17.5. The van der Waals surface area contributed by atoms with Crippen molar-refractivity contribution in [3.63, 3.8) is 0 Å². The zero-order valence-electron chi connectivity index (χ0n) is 11.3. The van der Waals surface area contributed by atoms with E-state index in [-0.39, 0.29) is 5.75 Å². The van der Waals surface area contributed by atoms with Crippen LogP contribution < -0.4 is 4.65 Å². The highest BCUT2D eigenvalue weighted by Crippen LogP contribution is 2.10. The fourth-order valence-electron chi connectivity index (χ4n) is 0.694. The van der Waals surface area contributed by atoms with Gasteiger partial charge in [-0.2, -0.15) is 0 Å². The number of rotatable bonds is 3. The summed E-state index contributed by atoms with van der Waals surface area (Å²) in [7, 11) is -0.631. The van der Waals surface area contributed by atoms with Crippen LogP contribution in [0.5, 0.6) is 5.75 Å². The van der Waals surface area contributed by atoms with Crippen molar-refractivity contribution >= 4 is 25.5 Å². The third-order valence-corrected chi connectivity index (χ3v) is 1.37. The Balaban J connectivity index is 0. The van der Waals surface area contributed by atoms with Gasteiger partial charge < -0.3 is 30.0 Å². The number of hydrogen-bond donors (Lipinski definition) is 4. The number of benzene rings is 1. The molecule has 8 nitrogen and oxygen atoms in total. The number of esters is 1. The van der Waals surface area contributed by atoms with Crippen LogP contribution in [0.25, 0.3) is 0 Å². The number of ether oxygens (including phenoxy) is 1. The number of nitrogens with one attached hydrogen (secondary N) is 1. The van der Waals surface area contributed by atoms with Gasteiger partial charge in [0.15, 0.2) is 0 Å². The van der Waals surface area contributed by atoms with Gasteiger partial charge in [-0.15, -0.1) is 0 Å². The van der Waals surface area contributed by atoms with Crippen molar-refractivity contribution in [2.24, 2.45) is 0 Å². The first kappa shape index (κ1) is 20.9. The summed E-state index contributed by atoms with van der Waals surface area (Å²) in [5.74, 6) is -1.64. The van der Waals surface area contributed by atoms with E-state index in [0.717, 1.165) is 19.1 Å². The van der Waals surface area contributed by atoms with Gasteiger partial charge in [-0.1, -0.05) is 0 Å². The Kier molecular flexibility index (Phi) is 12.5. The molecule has 116 valence electrons. The Bertz CT molecular complexity index is 435. The van der Waals surface area contributed by atoms with Gasteiger partial charge in [0.05, 0.1) is 7.11 Å². The van der Waals surface area contributed by atoms with Crippen molar-refractivity contribution in [1.29, 1.82) is 5.41 Å². The maximum atomic E-state index is 12.2. The summed E-state index contributed by atoms with van der Waals surface area (Å²) in [5, 5.41) is 30.3. The molecule has 1 aromatic carbocycles. The molecular weight excluding hydrogens is 288 g/mol. The Morgan fingerprint density at radius 1 is 1.29 bits per heavy atom. The molecule has 0 bridgehead atoms. The van der Waals surface area contributed by atoms with Crippen LogP contribution in [0.2, 0.25) is 0 Å². The average Bonchev–Trinajstić information content (AvgIpc) is 2.40. The van der Waals surface area contributed by atoms with E-state index in [0.29, 0.717) is 6.21 Å². The average molecular weight is 303 g/mol. The summed E-state index contributed by atoms with van der Waals surface area (Å²) in [6.45, 7) is 1.08. The largest absolute Gasteiger partial charge is 0.707 e. The van der Waals surface area contributed by atoms with E-state index in [1.807, 2.05) is 0 Å². The molecule has 0 aromatic heterocycles. The van der Waals surface area contributed by atoms with Crippen LogP contribution in [0.3, 0.4) is 0 Å². The zero-order valence-corrected chi connectivity index (χ0v) is 11.3. The van der Waals surface area contributed by atoms with Crippen molar-refractivity contribution < 1.29 is 38.5 Å². The minimum absolute atomic E-state index is 0.210. The molecule has 0 saturated heterocycles. The van der Waals surface area contributed by atoms with Crippen LogP contribution in [0.1, 0.15) is 6.92 Å². The normalized spacial score (nSPS) is 8.05. The van der Waals surface area contributed by atoms with Crippen molar-refractivity contribution in [3.05, 3.63) is 30.1 Å². The molecule has 0 atom stereocenters. The lowest BCUT2D eigenvalue weighted by atomic mass is 10.2. The van der Waals surface area contributed by atoms with E-state index < -0.39 is 25.1 Å². The lowest BCUT2D eigenvalue weighted by Gasteiger charge is -2.02. The van der Waals surface area contributed by atoms with Gasteiger partial charge in [-0.05, 0) is 24.3 Å². The molecule has 0 fully saturated rings. The van der Waals surface area contributed by atoms with Crippen LogP contribution in [0.15, 0.2) is 24.3 Å². The number of carboxylic acid groups (broad SMARTS) is 1. The summed E-state index contributed by atoms with van der Waals surface area (Å²) >= 11 is 0. The molecule has 1 aromatic rings. The van der Waals surface area contributed by atoms with E-state index >= 15 is 0 Å². The molecule has 10 heteroatoms. The van der Waals surface area contributed by atoms with E-state index in [4.69, 9.17) is 25.4 Å². The van der Waals surface area contributed by atoms with E-state index in [1.54, 1.807) is 0 Å². The number of carbonyl (C=O) groups is 2. The molecule has 0 spiro atoms. The Morgan fingerprint density at radius 2 is 1.71 bits per heavy atom. The molecule has 0 aliphatic rings. The van der Waals surface area contributed by atoms with Crippen LogP contribution in [-0.2, 0) is 14.3 Å². The van der Waals surface area contributed by atoms with Crippen molar-refractivity contribution in [1.82, 2.24) is 0 Å². The minimum atomic E-state index is -1.86. The number of halogens is 1. The predicted octanol–water partition coefficient (Wildman–Crippen LogP) is 0.0739. The fraction of sp³-hybridized carbons (Fsp3) is 0.182. The van der Waals surface area contributed by atoms with Crippen LogP contribution >= 0.6 is 0 Å². The second-order valence-corrected chi connectivity index (χ2v) is 3.08. The van der Waals surface area contributed by atoms with Gasteiger partial charge in [0.2, 0.25) is 0 Å².